The van der Waals surface area contributed by atoms with E-state index in [2.05, 4.69) is 27.8 Å². The summed E-state index contributed by atoms with van der Waals surface area (Å²) in [6.45, 7) is 3.96. The number of rotatable bonds is 4. The fraction of sp³-hybridized carbons (Fsp3) is 0.556. The van der Waals surface area contributed by atoms with Gasteiger partial charge in [-0.15, -0.1) is 24.0 Å². The number of hydrogen-bond acceptors (Lipinski definition) is 4. The molecule has 1 amide bonds. The van der Waals surface area contributed by atoms with Crippen molar-refractivity contribution in [2.75, 3.05) is 31.1 Å². The lowest BCUT2D eigenvalue weighted by Gasteiger charge is -2.28. The maximum absolute atomic E-state index is 12.5. The lowest BCUT2D eigenvalue weighted by atomic mass is 10.00. The minimum Gasteiger partial charge on any atom is -0.357 e. The summed E-state index contributed by atoms with van der Waals surface area (Å²) in [4.78, 5) is 18.7. The van der Waals surface area contributed by atoms with Crippen molar-refractivity contribution in [3.8, 4) is 0 Å². The third-order valence-corrected chi connectivity index (χ3v) is 6.54. The zero-order valence-electron chi connectivity index (χ0n) is 15.5. The molecule has 0 aliphatic carbocycles. The van der Waals surface area contributed by atoms with Crippen LogP contribution in [0.1, 0.15) is 24.5 Å². The average molecular weight is 506 g/mol. The molecule has 0 bridgehead atoms. The van der Waals surface area contributed by atoms with Gasteiger partial charge in [0.05, 0.1) is 11.5 Å². The Morgan fingerprint density at radius 3 is 2.70 bits per heavy atom. The summed E-state index contributed by atoms with van der Waals surface area (Å²) >= 11 is 0. The van der Waals surface area contributed by atoms with Gasteiger partial charge < -0.3 is 15.5 Å². The van der Waals surface area contributed by atoms with Gasteiger partial charge in [0, 0.05) is 25.7 Å². The lowest BCUT2D eigenvalue weighted by molar-refractivity contribution is -0.130. The number of nitrogens with one attached hydrogen (secondary N) is 2. The van der Waals surface area contributed by atoms with Crippen LogP contribution < -0.4 is 10.6 Å². The highest BCUT2D eigenvalue weighted by Gasteiger charge is 2.28. The third-order valence-electron chi connectivity index (χ3n) is 4.77. The number of benzene rings is 1. The normalized spacial score (nSPS) is 21.1. The molecule has 1 fully saturated rings. The molecule has 9 heteroatoms. The number of amides is 1. The van der Waals surface area contributed by atoms with E-state index in [1.165, 1.54) is 11.1 Å². The molecule has 150 valence electrons. The molecule has 2 N–H and O–H groups in total. The van der Waals surface area contributed by atoms with Crippen molar-refractivity contribution < 1.29 is 13.2 Å². The van der Waals surface area contributed by atoms with Crippen LogP contribution in [0.3, 0.4) is 0 Å². The van der Waals surface area contributed by atoms with Crippen LogP contribution in [0, 0.1) is 0 Å². The summed E-state index contributed by atoms with van der Waals surface area (Å²) in [7, 11) is -2.95. The molecule has 0 saturated carbocycles. The molecule has 2 aliphatic heterocycles. The van der Waals surface area contributed by atoms with Gasteiger partial charge >= 0.3 is 0 Å². The first-order valence-electron chi connectivity index (χ1n) is 9.06. The first-order valence-corrected chi connectivity index (χ1v) is 10.9. The molecule has 1 atom stereocenters. The highest BCUT2D eigenvalue weighted by atomic mass is 127. The Bertz CT molecular complexity index is 798. The van der Waals surface area contributed by atoms with Crippen LogP contribution in [0.15, 0.2) is 29.3 Å². The Morgan fingerprint density at radius 2 is 2.04 bits per heavy atom. The molecule has 0 radical (unpaired) electrons. The van der Waals surface area contributed by atoms with E-state index >= 15 is 0 Å². The van der Waals surface area contributed by atoms with Crippen LogP contribution >= 0.6 is 24.0 Å². The number of sulfone groups is 1. The van der Waals surface area contributed by atoms with Gasteiger partial charge in [-0.3, -0.25) is 4.79 Å². The maximum atomic E-state index is 12.5. The number of hydrogen-bond donors (Lipinski definition) is 2. The smallest absolute Gasteiger partial charge is 0.244 e. The number of guanidine groups is 1. The summed E-state index contributed by atoms with van der Waals surface area (Å²) < 4.78 is 23.2. The molecule has 1 aromatic rings. The first-order chi connectivity index (χ1) is 12.5. The molecule has 2 aliphatic rings. The van der Waals surface area contributed by atoms with E-state index in [-0.39, 0.29) is 54.0 Å². The zero-order chi connectivity index (χ0) is 18.6. The largest absolute Gasteiger partial charge is 0.357 e. The summed E-state index contributed by atoms with van der Waals surface area (Å²) in [5.74, 6) is 0.806. The minimum absolute atomic E-state index is 0. The molecule has 0 aromatic heterocycles. The SMILES string of the molecule is CCNC(=NCC(=O)N1CCc2ccccc2C1)NC1CCS(=O)(=O)C1.I. The van der Waals surface area contributed by atoms with Crippen molar-refractivity contribution in [3.63, 3.8) is 0 Å². The summed E-state index contributed by atoms with van der Waals surface area (Å²) in [6, 6.07) is 8.05. The highest BCUT2D eigenvalue weighted by Crippen LogP contribution is 2.18. The number of nitrogens with zero attached hydrogens (tertiary/aromatic N) is 2. The Kier molecular flexibility index (Phi) is 7.90. The van der Waals surface area contributed by atoms with E-state index in [0.717, 1.165) is 6.42 Å². The number of carbonyl (C=O) groups is 1. The van der Waals surface area contributed by atoms with Gasteiger partial charge in [0.2, 0.25) is 5.91 Å². The number of halogens is 1. The van der Waals surface area contributed by atoms with Crippen LogP contribution in [0.25, 0.3) is 0 Å². The van der Waals surface area contributed by atoms with Crippen molar-refractivity contribution in [3.05, 3.63) is 35.4 Å². The molecule has 2 heterocycles. The third kappa shape index (κ3) is 6.06. The number of aliphatic imine (C=N–C) groups is 1. The van der Waals surface area contributed by atoms with Crippen LogP contribution in [-0.2, 0) is 27.6 Å². The van der Waals surface area contributed by atoms with E-state index in [1.54, 1.807) is 0 Å². The van der Waals surface area contributed by atoms with Gasteiger partial charge in [-0.05, 0) is 30.9 Å². The van der Waals surface area contributed by atoms with E-state index < -0.39 is 9.84 Å². The molecular weight excluding hydrogens is 479 g/mol. The lowest BCUT2D eigenvalue weighted by Crippen LogP contribution is -2.45. The van der Waals surface area contributed by atoms with E-state index in [9.17, 15) is 13.2 Å². The fourth-order valence-corrected chi connectivity index (χ4v) is 5.05. The second kappa shape index (κ2) is 9.72. The van der Waals surface area contributed by atoms with Crippen molar-refractivity contribution in [1.29, 1.82) is 0 Å². The zero-order valence-corrected chi connectivity index (χ0v) is 18.6. The topological polar surface area (TPSA) is 90.9 Å². The molecular formula is C18H27IN4O3S. The van der Waals surface area contributed by atoms with Crippen molar-refractivity contribution in [2.45, 2.75) is 32.4 Å². The average Bonchev–Trinajstić information content (AvgIpc) is 2.97. The van der Waals surface area contributed by atoms with Crippen LogP contribution in [0.2, 0.25) is 0 Å². The summed E-state index contributed by atoms with van der Waals surface area (Å²) in [6.07, 6.45) is 1.44. The van der Waals surface area contributed by atoms with Gasteiger partial charge in [0.25, 0.3) is 0 Å². The second-order valence-corrected chi connectivity index (χ2v) is 9.00. The number of carbonyl (C=O) groups excluding carboxylic acids is 1. The first kappa shape index (κ1) is 21.9. The van der Waals surface area contributed by atoms with E-state index in [4.69, 9.17) is 0 Å². The molecule has 1 aromatic carbocycles. The predicted octanol–water partition coefficient (Wildman–Crippen LogP) is 0.931. The van der Waals surface area contributed by atoms with Gasteiger partial charge in [0.15, 0.2) is 15.8 Å². The molecule has 27 heavy (non-hydrogen) atoms. The number of fused-ring (bicyclic) bond motifs is 1. The van der Waals surface area contributed by atoms with Gasteiger partial charge in [-0.1, -0.05) is 24.3 Å². The second-order valence-electron chi connectivity index (χ2n) is 6.77. The maximum Gasteiger partial charge on any atom is 0.244 e. The van der Waals surface area contributed by atoms with Crippen LogP contribution in [0.4, 0.5) is 0 Å². The molecule has 3 rings (SSSR count). The minimum atomic E-state index is -2.95. The Hall–Kier alpha value is -1.36. The monoisotopic (exact) mass is 506 g/mol. The Labute approximate surface area is 177 Å². The van der Waals surface area contributed by atoms with Gasteiger partial charge in [-0.25, -0.2) is 13.4 Å². The highest BCUT2D eigenvalue weighted by molar-refractivity contribution is 14.0. The summed E-state index contributed by atoms with van der Waals surface area (Å²) in [5, 5.41) is 6.22. The molecule has 1 unspecified atom stereocenters. The van der Waals surface area contributed by atoms with Crippen molar-refractivity contribution >= 4 is 45.7 Å². The van der Waals surface area contributed by atoms with Gasteiger partial charge in [-0.2, -0.15) is 0 Å². The van der Waals surface area contributed by atoms with Crippen LogP contribution in [0.5, 0.6) is 0 Å². The van der Waals surface area contributed by atoms with Crippen molar-refractivity contribution in [2.24, 2.45) is 4.99 Å². The van der Waals surface area contributed by atoms with Crippen LogP contribution in [-0.4, -0.2) is 62.4 Å². The summed E-state index contributed by atoms with van der Waals surface area (Å²) in [5.41, 5.74) is 2.50. The standard InChI is InChI=1S/C18H26N4O3S.HI/c1-2-19-18(21-16-8-10-26(24,25)13-16)20-11-17(23)22-9-7-14-5-3-4-6-15(14)12-22;/h3-6,16H,2,7-13H2,1H3,(H2,19,20,21);1H. The Morgan fingerprint density at radius 1 is 1.30 bits per heavy atom. The van der Waals surface area contributed by atoms with Gasteiger partial charge in [0.1, 0.15) is 6.54 Å². The molecule has 1 saturated heterocycles. The fourth-order valence-electron chi connectivity index (χ4n) is 3.38. The Balaban J connectivity index is 0.00000261. The molecule has 7 nitrogen and oxygen atoms in total. The molecule has 0 spiro atoms. The van der Waals surface area contributed by atoms with E-state index in [0.29, 0.717) is 32.0 Å². The van der Waals surface area contributed by atoms with E-state index in [1.807, 2.05) is 24.0 Å². The quantitative estimate of drug-likeness (QED) is 0.361. The van der Waals surface area contributed by atoms with Crippen molar-refractivity contribution in [1.82, 2.24) is 15.5 Å². The predicted molar refractivity (Wildman–Crippen MR) is 117 cm³/mol.